The van der Waals surface area contributed by atoms with Crippen LogP contribution < -0.4 is 10.6 Å². The highest BCUT2D eigenvalue weighted by Crippen LogP contribution is 2.34. The van der Waals surface area contributed by atoms with Gasteiger partial charge < -0.3 is 10.6 Å². The average molecular weight is 300 g/mol. The van der Waals surface area contributed by atoms with Gasteiger partial charge in [0.15, 0.2) is 11.0 Å². The Kier molecular flexibility index (Phi) is 4.94. The Balaban J connectivity index is 2.00. The van der Waals surface area contributed by atoms with E-state index in [1.54, 1.807) is 6.07 Å². The fraction of sp³-hybridized carbons (Fsp3) is 0.571. The summed E-state index contributed by atoms with van der Waals surface area (Å²) in [5, 5.41) is 6.15. The monoisotopic (exact) mass is 299 g/mol. The van der Waals surface area contributed by atoms with Gasteiger partial charge in [0.05, 0.1) is 0 Å². The summed E-state index contributed by atoms with van der Waals surface area (Å²) in [5.41, 5.74) is 0.618. The van der Waals surface area contributed by atoms with Crippen molar-refractivity contribution in [2.24, 2.45) is 0 Å². The van der Waals surface area contributed by atoms with E-state index in [-0.39, 0.29) is 29.1 Å². The Bertz CT molecular complexity index is 497. The van der Waals surface area contributed by atoms with Gasteiger partial charge in [0.2, 0.25) is 5.91 Å². The number of halogens is 2. The summed E-state index contributed by atoms with van der Waals surface area (Å²) in [6, 6.07) is 2.14. The summed E-state index contributed by atoms with van der Waals surface area (Å²) in [5.74, 6) is -0.368. The van der Waals surface area contributed by atoms with E-state index in [1.165, 1.54) is 13.1 Å². The lowest BCUT2D eigenvalue weighted by molar-refractivity contribution is -0.118. The molecule has 2 rings (SSSR count). The van der Waals surface area contributed by atoms with Crippen molar-refractivity contribution in [3.8, 4) is 0 Å². The first-order valence-corrected chi connectivity index (χ1v) is 7.17. The van der Waals surface area contributed by atoms with Crippen LogP contribution in [-0.4, -0.2) is 29.5 Å². The van der Waals surface area contributed by atoms with Crippen molar-refractivity contribution in [3.63, 3.8) is 0 Å². The van der Waals surface area contributed by atoms with Gasteiger partial charge in [-0.15, -0.1) is 0 Å². The van der Waals surface area contributed by atoms with Crippen LogP contribution in [0.5, 0.6) is 0 Å². The smallest absolute Gasteiger partial charge is 0.216 e. The molecule has 0 radical (unpaired) electrons. The Morgan fingerprint density at radius 1 is 1.65 bits per heavy atom. The van der Waals surface area contributed by atoms with Crippen LogP contribution in [0.2, 0.25) is 5.15 Å². The normalized spacial score (nSPS) is 25.7. The second-order valence-electron chi connectivity index (χ2n) is 5.27. The Morgan fingerprint density at radius 2 is 2.40 bits per heavy atom. The van der Waals surface area contributed by atoms with Crippen LogP contribution in [0.1, 0.15) is 38.2 Å². The Hall–Kier alpha value is -1.20. The summed E-state index contributed by atoms with van der Waals surface area (Å²) in [7, 11) is 0. The molecule has 1 aromatic rings. The zero-order chi connectivity index (χ0) is 14.7. The average Bonchev–Trinajstić information content (AvgIpc) is 2.73. The number of hydrogen-bond donors (Lipinski definition) is 2. The van der Waals surface area contributed by atoms with Crippen LogP contribution in [-0.2, 0) is 4.79 Å². The van der Waals surface area contributed by atoms with E-state index in [0.29, 0.717) is 12.1 Å². The van der Waals surface area contributed by atoms with Crippen LogP contribution in [0.15, 0.2) is 12.3 Å². The van der Waals surface area contributed by atoms with Gasteiger partial charge in [0.25, 0.3) is 0 Å². The van der Waals surface area contributed by atoms with Gasteiger partial charge in [-0.3, -0.25) is 4.79 Å². The lowest BCUT2D eigenvalue weighted by Crippen LogP contribution is -2.32. The largest absolute Gasteiger partial charge is 0.356 e. The third kappa shape index (κ3) is 3.46. The van der Waals surface area contributed by atoms with Crippen molar-refractivity contribution in [3.05, 3.63) is 28.8 Å². The van der Waals surface area contributed by atoms with E-state index in [9.17, 15) is 9.18 Å². The number of amides is 1. The molecular formula is C14H19ClFN3O. The van der Waals surface area contributed by atoms with Crippen molar-refractivity contribution in [2.45, 2.75) is 44.7 Å². The summed E-state index contributed by atoms with van der Waals surface area (Å²) in [6.45, 7) is 4.17. The molecule has 1 amide bonds. The maximum absolute atomic E-state index is 14.0. The van der Waals surface area contributed by atoms with E-state index < -0.39 is 5.82 Å². The van der Waals surface area contributed by atoms with E-state index in [0.717, 1.165) is 12.8 Å². The molecule has 0 saturated carbocycles. The highest BCUT2D eigenvalue weighted by molar-refractivity contribution is 6.29. The molecule has 1 aliphatic rings. The molecule has 2 N–H and O–H groups in total. The third-order valence-electron chi connectivity index (χ3n) is 3.78. The highest BCUT2D eigenvalue weighted by Gasteiger charge is 2.33. The SMILES string of the molecule is CC(=O)NCCC1CC(c2ccnc(Cl)c2F)C(C)N1. The molecule has 0 spiro atoms. The maximum Gasteiger partial charge on any atom is 0.216 e. The molecule has 0 bridgehead atoms. The van der Waals surface area contributed by atoms with Crippen LogP contribution in [0, 0.1) is 5.82 Å². The first-order chi connectivity index (χ1) is 9.49. The first kappa shape index (κ1) is 15.2. The molecule has 1 fully saturated rings. The van der Waals surface area contributed by atoms with Crippen LogP contribution in [0.25, 0.3) is 0 Å². The van der Waals surface area contributed by atoms with Crippen molar-refractivity contribution < 1.29 is 9.18 Å². The molecule has 6 heteroatoms. The molecule has 4 nitrogen and oxygen atoms in total. The van der Waals surface area contributed by atoms with Crippen LogP contribution in [0.4, 0.5) is 4.39 Å². The fourth-order valence-electron chi connectivity index (χ4n) is 2.80. The van der Waals surface area contributed by atoms with E-state index >= 15 is 0 Å². The first-order valence-electron chi connectivity index (χ1n) is 6.79. The van der Waals surface area contributed by atoms with Crippen molar-refractivity contribution in [2.75, 3.05) is 6.54 Å². The quantitative estimate of drug-likeness (QED) is 0.838. The maximum atomic E-state index is 14.0. The third-order valence-corrected chi connectivity index (χ3v) is 4.05. The number of aromatic nitrogens is 1. The lowest BCUT2D eigenvalue weighted by Gasteiger charge is -2.15. The topological polar surface area (TPSA) is 54.0 Å². The second-order valence-corrected chi connectivity index (χ2v) is 5.63. The molecule has 110 valence electrons. The predicted octanol–water partition coefficient (Wildman–Crippen LogP) is 2.23. The number of nitrogens with one attached hydrogen (secondary N) is 2. The number of rotatable bonds is 4. The van der Waals surface area contributed by atoms with Gasteiger partial charge in [-0.1, -0.05) is 11.6 Å². The Morgan fingerprint density at radius 3 is 3.10 bits per heavy atom. The molecular weight excluding hydrogens is 281 g/mol. The minimum absolute atomic E-state index is 0.0282. The molecule has 1 aromatic heterocycles. The van der Waals surface area contributed by atoms with Gasteiger partial charge in [-0.05, 0) is 31.4 Å². The summed E-state index contributed by atoms with van der Waals surface area (Å²) >= 11 is 5.74. The minimum Gasteiger partial charge on any atom is -0.356 e. The van der Waals surface area contributed by atoms with Gasteiger partial charge in [-0.25, -0.2) is 9.37 Å². The summed E-state index contributed by atoms with van der Waals surface area (Å²) < 4.78 is 14.0. The number of carbonyl (C=O) groups excluding carboxylic acids is 1. The fourth-order valence-corrected chi connectivity index (χ4v) is 2.97. The lowest BCUT2D eigenvalue weighted by atomic mass is 9.91. The standard InChI is InChI=1S/C14H19ClFN3O/c1-8-12(11-4-6-18-14(15)13(11)16)7-10(19-8)3-5-17-9(2)20/h4,6,8,10,12,19H,3,5,7H2,1-2H3,(H,17,20). The van der Waals surface area contributed by atoms with Crippen LogP contribution >= 0.6 is 11.6 Å². The number of carbonyl (C=O) groups is 1. The highest BCUT2D eigenvalue weighted by atomic mass is 35.5. The van der Waals surface area contributed by atoms with Gasteiger partial charge in [-0.2, -0.15) is 0 Å². The van der Waals surface area contributed by atoms with Crippen molar-refractivity contribution in [1.82, 2.24) is 15.6 Å². The van der Waals surface area contributed by atoms with Crippen molar-refractivity contribution in [1.29, 1.82) is 0 Å². The minimum atomic E-state index is -0.421. The zero-order valence-corrected chi connectivity index (χ0v) is 12.4. The van der Waals surface area contributed by atoms with E-state index in [1.807, 2.05) is 6.92 Å². The van der Waals surface area contributed by atoms with E-state index in [2.05, 4.69) is 15.6 Å². The summed E-state index contributed by atoms with van der Waals surface area (Å²) in [4.78, 5) is 14.6. The molecule has 1 saturated heterocycles. The number of pyridine rings is 1. The number of hydrogen-bond acceptors (Lipinski definition) is 3. The van der Waals surface area contributed by atoms with Crippen LogP contribution in [0.3, 0.4) is 0 Å². The molecule has 0 aromatic carbocycles. The molecule has 1 aliphatic heterocycles. The summed E-state index contributed by atoms with van der Waals surface area (Å²) in [6.07, 6.45) is 3.21. The van der Waals surface area contributed by atoms with Gasteiger partial charge in [0, 0.05) is 37.7 Å². The van der Waals surface area contributed by atoms with Gasteiger partial charge >= 0.3 is 0 Å². The molecule has 3 unspecified atom stereocenters. The zero-order valence-electron chi connectivity index (χ0n) is 11.6. The van der Waals surface area contributed by atoms with E-state index in [4.69, 9.17) is 11.6 Å². The molecule has 20 heavy (non-hydrogen) atoms. The second kappa shape index (κ2) is 6.50. The van der Waals surface area contributed by atoms with Crippen molar-refractivity contribution >= 4 is 17.5 Å². The molecule has 0 aliphatic carbocycles. The molecule has 2 heterocycles. The Labute approximate surface area is 123 Å². The number of nitrogens with zero attached hydrogens (tertiary/aromatic N) is 1. The van der Waals surface area contributed by atoms with Gasteiger partial charge in [0.1, 0.15) is 0 Å². The molecule has 3 atom stereocenters. The predicted molar refractivity (Wildman–Crippen MR) is 76.2 cm³/mol.